The molecule has 2 aliphatic rings. The fraction of sp³-hybridized carbons (Fsp3) is 0.895. The Balaban J connectivity index is 2.02. The third-order valence-electron chi connectivity index (χ3n) is 6.24. The van der Waals surface area contributed by atoms with E-state index in [9.17, 15) is 5.11 Å². The van der Waals surface area contributed by atoms with Crippen molar-refractivity contribution in [1.29, 1.82) is 0 Å². The number of aliphatic hydroxyl groups is 1. The van der Waals surface area contributed by atoms with Crippen molar-refractivity contribution in [3.8, 4) is 0 Å². The van der Waals surface area contributed by atoms with Crippen molar-refractivity contribution in [3.05, 3.63) is 12.2 Å². The molecule has 1 N–H and O–H groups in total. The summed E-state index contributed by atoms with van der Waals surface area (Å²) in [5.74, 6) is 3.36. The minimum Gasteiger partial charge on any atom is -0.390 e. The number of hydrogen-bond acceptors (Lipinski definition) is 1. The zero-order valence-corrected chi connectivity index (χ0v) is 14.2. The molecule has 1 heteroatoms. The minimum absolute atomic E-state index is 0.566. The molecular weight excluding hydrogens is 244 g/mol. The van der Waals surface area contributed by atoms with Gasteiger partial charge in [0.1, 0.15) is 0 Å². The third-order valence-corrected chi connectivity index (χ3v) is 6.24. The van der Waals surface area contributed by atoms with Crippen LogP contribution in [-0.4, -0.2) is 10.7 Å². The van der Waals surface area contributed by atoms with Gasteiger partial charge in [-0.05, 0) is 68.6 Å². The van der Waals surface area contributed by atoms with E-state index in [1.54, 1.807) is 0 Å². The Hall–Kier alpha value is -0.300. The maximum atomic E-state index is 9.82. The van der Waals surface area contributed by atoms with E-state index in [0.717, 1.165) is 24.2 Å². The summed E-state index contributed by atoms with van der Waals surface area (Å²) in [6.07, 6.45) is 12.5. The molecule has 0 radical (unpaired) electrons. The molecule has 0 bridgehead atoms. The van der Waals surface area contributed by atoms with Crippen LogP contribution in [0.15, 0.2) is 12.2 Å². The van der Waals surface area contributed by atoms with Crippen LogP contribution in [0.4, 0.5) is 0 Å². The van der Waals surface area contributed by atoms with E-state index >= 15 is 0 Å². The largest absolute Gasteiger partial charge is 0.390 e. The zero-order chi connectivity index (χ0) is 15.0. The Morgan fingerprint density at radius 1 is 1.30 bits per heavy atom. The Morgan fingerprint density at radius 3 is 2.65 bits per heavy atom. The highest BCUT2D eigenvalue weighted by molar-refractivity contribution is 5.04. The SMILES string of the molecule is CC1CCCC2(C)C1CCC2[C@H](C)/C=C/CC(C)(C)O. The summed E-state index contributed by atoms with van der Waals surface area (Å²) < 4.78 is 0. The van der Waals surface area contributed by atoms with E-state index in [0.29, 0.717) is 11.3 Å². The first kappa shape index (κ1) is 16.1. The molecule has 1 nitrogen and oxygen atoms in total. The first-order valence-corrected chi connectivity index (χ1v) is 8.63. The van der Waals surface area contributed by atoms with Crippen molar-refractivity contribution in [2.45, 2.75) is 78.7 Å². The van der Waals surface area contributed by atoms with E-state index in [4.69, 9.17) is 0 Å². The number of hydrogen-bond donors (Lipinski definition) is 1. The molecule has 0 aliphatic heterocycles. The van der Waals surface area contributed by atoms with Crippen molar-refractivity contribution in [1.82, 2.24) is 0 Å². The smallest absolute Gasteiger partial charge is 0.0626 e. The fourth-order valence-corrected chi connectivity index (χ4v) is 5.17. The summed E-state index contributed by atoms with van der Waals surface area (Å²) in [4.78, 5) is 0. The van der Waals surface area contributed by atoms with Crippen molar-refractivity contribution in [3.63, 3.8) is 0 Å². The number of rotatable bonds is 4. The maximum absolute atomic E-state index is 9.82. The summed E-state index contributed by atoms with van der Waals surface area (Å²) in [6.45, 7) is 11.2. The average molecular weight is 278 g/mol. The second kappa shape index (κ2) is 5.83. The van der Waals surface area contributed by atoms with Crippen LogP contribution in [0.1, 0.15) is 73.1 Å². The molecule has 2 saturated carbocycles. The van der Waals surface area contributed by atoms with Gasteiger partial charge in [-0.2, -0.15) is 0 Å². The van der Waals surface area contributed by atoms with Crippen LogP contribution in [0.25, 0.3) is 0 Å². The Labute approximate surface area is 125 Å². The highest BCUT2D eigenvalue weighted by atomic mass is 16.3. The second-order valence-corrected chi connectivity index (χ2v) is 8.47. The molecule has 0 aromatic rings. The van der Waals surface area contributed by atoms with Gasteiger partial charge < -0.3 is 5.11 Å². The molecule has 4 unspecified atom stereocenters. The van der Waals surface area contributed by atoms with Gasteiger partial charge in [0.05, 0.1) is 5.60 Å². The molecule has 0 aromatic carbocycles. The summed E-state index contributed by atoms with van der Waals surface area (Å²) >= 11 is 0. The molecule has 0 amide bonds. The minimum atomic E-state index is -0.572. The van der Waals surface area contributed by atoms with E-state index in [1.807, 2.05) is 13.8 Å². The summed E-state index contributed by atoms with van der Waals surface area (Å²) in [5, 5.41) is 9.82. The second-order valence-electron chi connectivity index (χ2n) is 8.47. The van der Waals surface area contributed by atoms with Crippen molar-refractivity contribution in [2.24, 2.45) is 29.1 Å². The quantitative estimate of drug-likeness (QED) is 0.701. The van der Waals surface area contributed by atoms with Crippen molar-refractivity contribution < 1.29 is 5.11 Å². The topological polar surface area (TPSA) is 20.2 Å². The predicted molar refractivity (Wildman–Crippen MR) is 86.6 cm³/mol. The monoisotopic (exact) mass is 278 g/mol. The van der Waals surface area contributed by atoms with Crippen LogP contribution >= 0.6 is 0 Å². The van der Waals surface area contributed by atoms with Gasteiger partial charge >= 0.3 is 0 Å². The van der Waals surface area contributed by atoms with Crippen molar-refractivity contribution >= 4 is 0 Å². The Morgan fingerprint density at radius 2 is 2.00 bits per heavy atom. The van der Waals surface area contributed by atoms with Gasteiger partial charge in [0.2, 0.25) is 0 Å². The van der Waals surface area contributed by atoms with Gasteiger partial charge in [0.25, 0.3) is 0 Å². The van der Waals surface area contributed by atoms with Crippen LogP contribution in [0.2, 0.25) is 0 Å². The van der Waals surface area contributed by atoms with Crippen LogP contribution in [0.3, 0.4) is 0 Å². The molecule has 2 rings (SSSR count). The van der Waals surface area contributed by atoms with Gasteiger partial charge in [-0.15, -0.1) is 0 Å². The standard InChI is InChI=1S/C19H34O/c1-14(8-6-12-18(3,4)20)16-10-11-17-15(2)9-7-13-19(16,17)5/h6,8,14-17,20H,7,9-13H2,1-5H3/b8-6+/t14-,15?,16?,17?,19?/m1/s1. The Bertz CT molecular complexity index is 351. The van der Waals surface area contributed by atoms with E-state index in [2.05, 4.69) is 32.9 Å². The first-order chi connectivity index (χ1) is 9.24. The molecule has 2 aliphatic carbocycles. The molecule has 0 heterocycles. The molecule has 0 saturated heterocycles. The predicted octanol–water partition coefficient (Wildman–Crippen LogP) is 5.19. The van der Waals surface area contributed by atoms with Gasteiger partial charge in [-0.25, -0.2) is 0 Å². The van der Waals surface area contributed by atoms with Crippen LogP contribution in [0.5, 0.6) is 0 Å². The average Bonchev–Trinajstić information content (AvgIpc) is 2.66. The maximum Gasteiger partial charge on any atom is 0.0626 e. The summed E-state index contributed by atoms with van der Waals surface area (Å²) in [7, 11) is 0. The lowest BCUT2D eigenvalue weighted by atomic mass is 9.60. The summed E-state index contributed by atoms with van der Waals surface area (Å²) in [6, 6.07) is 0. The number of allylic oxidation sites excluding steroid dienone is 1. The van der Waals surface area contributed by atoms with Crippen molar-refractivity contribution in [2.75, 3.05) is 0 Å². The molecule has 116 valence electrons. The van der Waals surface area contributed by atoms with E-state index in [1.165, 1.54) is 32.1 Å². The molecular formula is C19H34O. The Kier molecular flexibility index (Phi) is 4.69. The lowest BCUT2D eigenvalue weighted by Crippen LogP contribution is -2.37. The lowest BCUT2D eigenvalue weighted by Gasteiger charge is -2.45. The molecule has 0 aromatic heterocycles. The van der Waals surface area contributed by atoms with Gasteiger partial charge in [0, 0.05) is 0 Å². The molecule has 0 spiro atoms. The lowest BCUT2D eigenvalue weighted by molar-refractivity contribution is 0.0451. The highest BCUT2D eigenvalue weighted by Crippen LogP contribution is 2.59. The zero-order valence-electron chi connectivity index (χ0n) is 14.2. The fourth-order valence-electron chi connectivity index (χ4n) is 5.17. The van der Waals surface area contributed by atoms with E-state index in [-0.39, 0.29) is 0 Å². The van der Waals surface area contributed by atoms with Crippen LogP contribution in [0, 0.1) is 29.1 Å². The van der Waals surface area contributed by atoms with Crippen LogP contribution in [-0.2, 0) is 0 Å². The van der Waals surface area contributed by atoms with Crippen LogP contribution < -0.4 is 0 Å². The van der Waals surface area contributed by atoms with Gasteiger partial charge in [0.15, 0.2) is 0 Å². The highest BCUT2D eigenvalue weighted by Gasteiger charge is 2.50. The van der Waals surface area contributed by atoms with E-state index < -0.39 is 5.60 Å². The first-order valence-electron chi connectivity index (χ1n) is 8.63. The summed E-state index contributed by atoms with van der Waals surface area (Å²) in [5.41, 5.74) is -0.00611. The molecule has 20 heavy (non-hydrogen) atoms. The molecule has 5 atom stereocenters. The third kappa shape index (κ3) is 3.30. The molecule has 2 fully saturated rings. The van der Waals surface area contributed by atoms with Gasteiger partial charge in [-0.1, -0.05) is 45.8 Å². The van der Waals surface area contributed by atoms with Gasteiger partial charge in [-0.3, -0.25) is 0 Å². The normalized spacial score (nSPS) is 40.0. The number of fused-ring (bicyclic) bond motifs is 1.